The molecule has 0 aromatic rings. The molecule has 0 aliphatic carbocycles. The second-order valence-electron chi connectivity index (χ2n) is 4.49. The van der Waals surface area contributed by atoms with E-state index in [1.165, 1.54) is 0 Å². The van der Waals surface area contributed by atoms with Crippen molar-refractivity contribution in [3.05, 3.63) is 0 Å². The van der Waals surface area contributed by atoms with Crippen LogP contribution in [0.4, 0.5) is 0 Å². The summed E-state index contributed by atoms with van der Waals surface area (Å²) in [5.74, 6) is 0.202. The van der Waals surface area contributed by atoms with E-state index >= 15 is 0 Å². The Morgan fingerprint density at radius 3 is 2.20 bits per heavy atom. The van der Waals surface area contributed by atoms with Crippen LogP contribution in [0.2, 0.25) is 0 Å². The SMILES string of the molecule is CCCCCCS(=O)(=O)NCCOCCOCCOC. The lowest BCUT2D eigenvalue weighted by Gasteiger charge is -2.08. The summed E-state index contributed by atoms with van der Waals surface area (Å²) >= 11 is 0. The third-order valence-electron chi connectivity index (χ3n) is 2.64. The first kappa shape index (κ1) is 19.8. The van der Waals surface area contributed by atoms with Gasteiger partial charge in [-0.2, -0.15) is 0 Å². The van der Waals surface area contributed by atoms with Gasteiger partial charge >= 0.3 is 0 Å². The molecule has 0 heterocycles. The van der Waals surface area contributed by atoms with Crippen LogP contribution in [0.3, 0.4) is 0 Å². The van der Waals surface area contributed by atoms with Gasteiger partial charge in [-0.25, -0.2) is 13.1 Å². The Balaban J connectivity index is 3.35. The van der Waals surface area contributed by atoms with Crippen LogP contribution in [-0.2, 0) is 24.2 Å². The standard InChI is InChI=1S/C13H29NO5S/c1-3-4-5-6-13-20(15,16)14-7-8-18-11-12-19-10-9-17-2/h14H,3-13H2,1-2H3. The number of hydrogen-bond donors (Lipinski definition) is 1. The lowest BCUT2D eigenvalue weighted by Crippen LogP contribution is -2.30. The molecule has 0 aliphatic rings. The van der Waals surface area contributed by atoms with Crippen molar-refractivity contribution in [3.8, 4) is 0 Å². The summed E-state index contributed by atoms with van der Waals surface area (Å²) < 4.78 is 41.0. The highest BCUT2D eigenvalue weighted by molar-refractivity contribution is 7.89. The predicted octanol–water partition coefficient (Wildman–Crippen LogP) is 1.17. The molecule has 0 atom stereocenters. The van der Waals surface area contributed by atoms with Crippen molar-refractivity contribution in [3.63, 3.8) is 0 Å². The minimum absolute atomic E-state index is 0.202. The predicted molar refractivity (Wildman–Crippen MR) is 79.4 cm³/mol. The van der Waals surface area contributed by atoms with Gasteiger partial charge in [-0.05, 0) is 6.42 Å². The van der Waals surface area contributed by atoms with Crippen molar-refractivity contribution >= 4 is 10.0 Å². The third kappa shape index (κ3) is 14.2. The van der Waals surface area contributed by atoms with E-state index in [0.29, 0.717) is 39.6 Å². The highest BCUT2D eigenvalue weighted by Gasteiger charge is 2.08. The molecule has 0 aromatic heterocycles. The monoisotopic (exact) mass is 311 g/mol. The summed E-state index contributed by atoms with van der Waals surface area (Å²) in [6.07, 6.45) is 3.87. The molecule has 0 aliphatic heterocycles. The number of nitrogens with one attached hydrogen (secondary N) is 1. The van der Waals surface area contributed by atoms with E-state index in [1.54, 1.807) is 7.11 Å². The molecular formula is C13H29NO5S. The second-order valence-corrected chi connectivity index (χ2v) is 6.42. The first-order valence-corrected chi connectivity index (χ1v) is 8.89. The number of rotatable bonds is 15. The van der Waals surface area contributed by atoms with Crippen LogP contribution in [0.5, 0.6) is 0 Å². The van der Waals surface area contributed by atoms with Gasteiger partial charge in [0.1, 0.15) is 0 Å². The fourth-order valence-electron chi connectivity index (χ4n) is 1.52. The van der Waals surface area contributed by atoms with Gasteiger partial charge in [0.15, 0.2) is 0 Å². The molecule has 0 bridgehead atoms. The van der Waals surface area contributed by atoms with Crippen LogP contribution < -0.4 is 4.72 Å². The molecule has 122 valence electrons. The van der Waals surface area contributed by atoms with Crippen molar-refractivity contribution in [2.45, 2.75) is 32.6 Å². The van der Waals surface area contributed by atoms with E-state index in [0.717, 1.165) is 25.7 Å². The minimum atomic E-state index is -3.14. The molecule has 20 heavy (non-hydrogen) atoms. The molecule has 0 rings (SSSR count). The summed E-state index contributed by atoms with van der Waals surface area (Å²) in [7, 11) is -1.53. The van der Waals surface area contributed by atoms with Crippen molar-refractivity contribution in [2.75, 3.05) is 52.4 Å². The Labute approximate surface area is 123 Å². The normalized spacial score (nSPS) is 11.9. The van der Waals surface area contributed by atoms with Crippen LogP contribution in [-0.4, -0.2) is 60.9 Å². The first-order valence-electron chi connectivity index (χ1n) is 7.24. The quantitative estimate of drug-likeness (QED) is 0.460. The fourth-order valence-corrected chi connectivity index (χ4v) is 2.65. The van der Waals surface area contributed by atoms with Crippen LogP contribution in [0.15, 0.2) is 0 Å². The largest absolute Gasteiger partial charge is 0.382 e. The molecular weight excluding hydrogens is 282 g/mol. The molecule has 6 nitrogen and oxygen atoms in total. The van der Waals surface area contributed by atoms with E-state index in [2.05, 4.69) is 11.6 Å². The van der Waals surface area contributed by atoms with Crippen LogP contribution >= 0.6 is 0 Å². The number of unbranched alkanes of at least 4 members (excludes halogenated alkanes) is 3. The van der Waals surface area contributed by atoms with Gasteiger partial charge in [0.05, 0.1) is 38.8 Å². The molecule has 0 unspecified atom stereocenters. The molecule has 0 amide bonds. The van der Waals surface area contributed by atoms with E-state index < -0.39 is 10.0 Å². The summed E-state index contributed by atoms with van der Waals surface area (Å²) in [4.78, 5) is 0. The van der Waals surface area contributed by atoms with Crippen LogP contribution in [0.1, 0.15) is 32.6 Å². The molecule has 0 aromatic carbocycles. The van der Waals surface area contributed by atoms with Gasteiger partial charge in [0.2, 0.25) is 10.0 Å². The number of hydrogen-bond acceptors (Lipinski definition) is 5. The average Bonchev–Trinajstić information content (AvgIpc) is 2.42. The highest BCUT2D eigenvalue weighted by atomic mass is 32.2. The van der Waals surface area contributed by atoms with Gasteiger partial charge in [-0.1, -0.05) is 26.2 Å². The molecule has 0 fully saturated rings. The fraction of sp³-hybridized carbons (Fsp3) is 1.00. The second kappa shape index (κ2) is 13.8. The van der Waals surface area contributed by atoms with Crippen molar-refractivity contribution in [2.24, 2.45) is 0 Å². The van der Waals surface area contributed by atoms with Gasteiger partial charge in [0.25, 0.3) is 0 Å². The zero-order chi connectivity index (χ0) is 15.1. The molecule has 0 saturated carbocycles. The van der Waals surface area contributed by atoms with E-state index in [9.17, 15) is 8.42 Å². The highest BCUT2D eigenvalue weighted by Crippen LogP contribution is 2.00. The summed E-state index contributed by atoms with van der Waals surface area (Å²) in [5.41, 5.74) is 0. The maximum absolute atomic E-state index is 11.6. The topological polar surface area (TPSA) is 73.9 Å². The number of ether oxygens (including phenoxy) is 3. The number of sulfonamides is 1. The summed E-state index contributed by atoms with van der Waals surface area (Å²) in [6.45, 7) is 4.84. The number of methoxy groups -OCH3 is 1. The Kier molecular flexibility index (Phi) is 13.6. The zero-order valence-corrected chi connectivity index (χ0v) is 13.5. The average molecular weight is 311 g/mol. The van der Waals surface area contributed by atoms with Crippen LogP contribution in [0, 0.1) is 0 Å². The van der Waals surface area contributed by atoms with Gasteiger partial charge < -0.3 is 14.2 Å². The maximum Gasteiger partial charge on any atom is 0.211 e. The summed E-state index contributed by atoms with van der Waals surface area (Å²) in [6, 6.07) is 0. The van der Waals surface area contributed by atoms with Gasteiger partial charge in [-0.3, -0.25) is 0 Å². The maximum atomic E-state index is 11.6. The molecule has 0 radical (unpaired) electrons. The van der Waals surface area contributed by atoms with E-state index in [1.807, 2.05) is 0 Å². The lowest BCUT2D eigenvalue weighted by atomic mass is 10.2. The Morgan fingerprint density at radius 2 is 1.55 bits per heavy atom. The Bertz CT molecular complexity index is 295. The van der Waals surface area contributed by atoms with E-state index in [4.69, 9.17) is 14.2 Å². The minimum Gasteiger partial charge on any atom is -0.382 e. The van der Waals surface area contributed by atoms with Gasteiger partial charge in [-0.15, -0.1) is 0 Å². The Hall–Kier alpha value is -0.210. The van der Waals surface area contributed by atoms with E-state index in [-0.39, 0.29) is 5.75 Å². The molecule has 0 spiro atoms. The van der Waals surface area contributed by atoms with Crippen LogP contribution in [0.25, 0.3) is 0 Å². The zero-order valence-electron chi connectivity index (χ0n) is 12.7. The van der Waals surface area contributed by atoms with Gasteiger partial charge in [0, 0.05) is 13.7 Å². The smallest absolute Gasteiger partial charge is 0.211 e. The summed E-state index contributed by atoms with van der Waals surface area (Å²) in [5, 5.41) is 0. The first-order chi connectivity index (χ1) is 9.62. The lowest BCUT2D eigenvalue weighted by molar-refractivity contribution is 0.0262. The molecule has 0 saturated heterocycles. The third-order valence-corrected chi connectivity index (χ3v) is 4.11. The van der Waals surface area contributed by atoms with Crippen molar-refractivity contribution in [1.82, 2.24) is 4.72 Å². The molecule has 7 heteroatoms. The Morgan fingerprint density at radius 1 is 0.900 bits per heavy atom. The van der Waals surface area contributed by atoms with Crippen molar-refractivity contribution in [1.29, 1.82) is 0 Å². The van der Waals surface area contributed by atoms with Crippen molar-refractivity contribution < 1.29 is 22.6 Å². The molecule has 1 N–H and O–H groups in total.